The minimum atomic E-state index is 0. The lowest BCUT2D eigenvalue weighted by Gasteiger charge is -2.53. The highest BCUT2D eigenvalue weighted by Gasteiger charge is 2.49. The van der Waals surface area contributed by atoms with Gasteiger partial charge in [0.15, 0.2) is 0 Å². The van der Waals surface area contributed by atoms with Crippen LogP contribution in [0.15, 0.2) is 42.6 Å². The normalized spacial score (nSPS) is 23.7. The molecule has 3 heterocycles. The van der Waals surface area contributed by atoms with Crippen LogP contribution in [0, 0.1) is 5.41 Å². The number of aromatic nitrogens is 1. The molecule has 0 amide bonds. The molecule has 1 unspecified atom stereocenters. The molecule has 0 radical (unpaired) electrons. The molecular weight excluding hydrogens is 358 g/mol. The van der Waals surface area contributed by atoms with E-state index < -0.39 is 0 Å². The molecular formula is C22H28ClN3O. The molecule has 1 saturated carbocycles. The predicted octanol–water partition coefficient (Wildman–Crippen LogP) is 3.75. The first-order valence-electron chi connectivity index (χ1n) is 9.82. The maximum absolute atomic E-state index is 6.43. The van der Waals surface area contributed by atoms with Crippen LogP contribution in [0.3, 0.4) is 0 Å². The number of hydrogen-bond donors (Lipinski definition) is 1. The minimum Gasteiger partial charge on any atom is -0.490 e. The molecule has 1 spiro atoms. The molecule has 1 aromatic heterocycles. The zero-order valence-electron chi connectivity index (χ0n) is 15.9. The molecule has 5 rings (SSSR count). The summed E-state index contributed by atoms with van der Waals surface area (Å²) in [6.45, 7) is 7.59. The van der Waals surface area contributed by atoms with Gasteiger partial charge in [-0.1, -0.05) is 37.3 Å². The van der Waals surface area contributed by atoms with Gasteiger partial charge in [0.05, 0.1) is 11.8 Å². The van der Waals surface area contributed by atoms with Gasteiger partial charge in [-0.3, -0.25) is 9.88 Å². The average Bonchev–Trinajstić information content (AvgIpc) is 2.57. The maximum atomic E-state index is 6.43. The molecule has 1 N–H and O–H groups in total. The quantitative estimate of drug-likeness (QED) is 0.869. The fourth-order valence-electron chi connectivity index (χ4n) is 4.84. The van der Waals surface area contributed by atoms with Gasteiger partial charge in [-0.15, -0.1) is 12.4 Å². The van der Waals surface area contributed by atoms with Crippen LogP contribution in [0.5, 0.6) is 5.75 Å². The highest BCUT2D eigenvalue weighted by molar-refractivity contribution is 5.85. The maximum Gasteiger partial charge on any atom is 0.127 e. The molecule has 1 saturated heterocycles. The lowest BCUT2D eigenvalue weighted by atomic mass is 9.63. The molecule has 2 fully saturated rings. The number of nitrogens with zero attached hydrogens (tertiary/aromatic N) is 2. The van der Waals surface area contributed by atoms with Crippen molar-refractivity contribution < 1.29 is 4.74 Å². The second kappa shape index (κ2) is 7.42. The topological polar surface area (TPSA) is 37.4 Å². The van der Waals surface area contributed by atoms with Crippen LogP contribution in [-0.2, 0) is 13.1 Å². The Morgan fingerprint density at radius 2 is 1.96 bits per heavy atom. The van der Waals surface area contributed by atoms with Crippen molar-refractivity contribution in [1.29, 1.82) is 0 Å². The van der Waals surface area contributed by atoms with Crippen LogP contribution in [0.1, 0.15) is 42.5 Å². The number of benzene rings is 1. The largest absolute Gasteiger partial charge is 0.490 e. The zero-order chi connectivity index (χ0) is 17.6. The highest BCUT2D eigenvalue weighted by Crippen LogP contribution is 2.46. The number of halogens is 1. The first-order valence-corrected chi connectivity index (χ1v) is 9.82. The van der Waals surface area contributed by atoms with Crippen LogP contribution < -0.4 is 10.1 Å². The monoisotopic (exact) mass is 385 g/mol. The van der Waals surface area contributed by atoms with Crippen molar-refractivity contribution in [3.05, 3.63) is 59.4 Å². The average molecular weight is 386 g/mol. The van der Waals surface area contributed by atoms with E-state index >= 15 is 0 Å². The van der Waals surface area contributed by atoms with Crippen molar-refractivity contribution in [3.63, 3.8) is 0 Å². The summed E-state index contributed by atoms with van der Waals surface area (Å²) in [4.78, 5) is 7.22. The van der Waals surface area contributed by atoms with Gasteiger partial charge < -0.3 is 10.1 Å². The van der Waals surface area contributed by atoms with Crippen molar-refractivity contribution in [2.24, 2.45) is 5.41 Å². The van der Waals surface area contributed by atoms with Crippen LogP contribution >= 0.6 is 12.4 Å². The van der Waals surface area contributed by atoms with Gasteiger partial charge in [-0.05, 0) is 24.5 Å². The highest BCUT2D eigenvalue weighted by atomic mass is 35.5. The third-order valence-corrected chi connectivity index (χ3v) is 6.29. The van der Waals surface area contributed by atoms with Crippen molar-refractivity contribution in [2.45, 2.75) is 44.9 Å². The van der Waals surface area contributed by atoms with Crippen LogP contribution in [0.4, 0.5) is 0 Å². The Balaban J connectivity index is 0.00000180. The third kappa shape index (κ3) is 3.58. The van der Waals surface area contributed by atoms with E-state index in [-0.39, 0.29) is 12.4 Å². The van der Waals surface area contributed by atoms with E-state index in [0.717, 1.165) is 25.4 Å². The summed E-state index contributed by atoms with van der Waals surface area (Å²) in [5.41, 5.74) is 4.44. The van der Waals surface area contributed by atoms with Gasteiger partial charge in [0, 0.05) is 55.8 Å². The summed E-state index contributed by atoms with van der Waals surface area (Å²) in [5, 5.41) is 3.40. The third-order valence-electron chi connectivity index (χ3n) is 6.29. The Morgan fingerprint density at radius 3 is 2.67 bits per heavy atom. The van der Waals surface area contributed by atoms with E-state index in [9.17, 15) is 0 Å². The van der Waals surface area contributed by atoms with Gasteiger partial charge in [0.2, 0.25) is 0 Å². The zero-order valence-corrected chi connectivity index (χ0v) is 16.7. The first kappa shape index (κ1) is 18.7. The van der Waals surface area contributed by atoms with Crippen LogP contribution in [-0.4, -0.2) is 35.6 Å². The van der Waals surface area contributed by atoms with E-state index in [4.69, 9.17) is 9.72 Å². The molecule has 5 heteroatoms. The number of ether oxygens (including phenoxy) is 1. The van der Waals surface area contributed by atoms with Gasteiger partial charge in [-0.2, -0.15) is 0 Å². The second-order valence-electron chi connectivity index (χ2n) is 8.48. The molecule has 27 heavy (non-hydrogen) atoms. The Kier molecular flexibility index (Phi) is 5.15. The Bertz CT molecular complexity index is 785. The van der Waals surface area contributed by atoms with E-state index in [1.807, 2.05) is 6.20 Å². The van der Waals surface area contributed by atoms with E-state index in [2.05, 4.69) is 53.5 Å². The molecule has 0 bridgehead atoms. The predicted molar refractivity (Wildman–Crippen MR) is 109 cm³/mol. The van der Waals surface area contributed by atoms with Crippen molar-refractivity contribution in [1.82, 2.24) is 15.2 Å². The number of fused-ring (bicyclic) bond motifs is 1. The Morgan fingerprint density at radius 1 is 1.19 bits per heavy atom. The molecule has 1 aliphatic carbocycles. The molecule has 2 aliphatic heterocycles. The standard InChI is InChI=1S/C22H27N3O.ClH/c1-16-11-25(12-17-5-3-2-4-6-17)13-19-20(7-8-24-21(16)19)26-18-9-22(10-18)14-23-15-22;/h2-8,16,18,23H,9-15H2,1H3;1H. The summed E-state index contributed by atoms with van der Waals surface area (Å²) >= 11 is 0. The number of pyridine rings is 1. The molecule has 144 valence electrons. The Labute approximate surface area is 167 Å². The molecule has 1 atom stereocenters. The van der Waals surface area contributed by atoms with E-state index in [1.165, 1.54) is 42.8 Å². The minimum absolute atomic E-state index is 0. The van der Waals surface area contributed by atoms with Gasteiger partial charge in [0.1, 0.15) is 5.75 Å². The van der Waals surface area contributed by atoms with Crippen molar-refractivity contribution in [3.8, 4) is 5.75 Å². The van der Waals surface area contributed by atoms with Crippen molar-refractivity contribution in [2.75, 3.05) is 19.6 Å². The van der Waals surface area contributed by atoms with Gasteiger partial charge >= 0.3 is 0 Å². The molecule has 3 aliphatic rings. The molecule has 2 aromatic rings. The molecule has 4 nitrogen and oxygen atoms in total. The molecule has 1 aromatic carbocycles. The summed E-state index contributed by atoms with van der Waals surface area (Å²) in [5.74, 6) is 1.50. The summed E-state index contributed by atoms with van der Waals surface area (Å²) in [6, 6.07) is 12.8. The fraction of sp³-hybridized carbons (Fsp3) is 0.500. The summed E-state index contributed by atoms with van der Waals surface area (Å²) < 4.78 is 6.43. The van der Waals surface area contributed by atoms with Gasteiger partial charge in [0.25, 0.3) is 0 Å². The van der Waals surface area contributed by atoms with Gasteiger partial charge in [-0.25, -0.2) is 0 Å². The van der Waals surface area contributed by atoms with Crippen LogP contribution in [0.2, 0.25) is 0 Å². The van der Waals surface area contributed by atoms with Crippen LogP contribution in [0.25, 0.3) is 0 Å². The number of rotatable bonds is 4. The van der Waals surface area contributed by atoms with Crippen molar-refractivity contribution >= 4 is 12.4 Å². The second-order valence-corrected chi connectivity index (χ2v) is 8.48. The first-order chi connectivity index (χ1) is 12.7. The summed E-state index contributed by atoms with van der Waals surface area (Å²) in [7, 11) is 0. The SMILES string of the molecule is CC1CN(Cc2ccccc2)Cc2c(OC3CC4(CNC4)C3)ccnc21.Cl. The lowest BCUT2D eigenvalue weighted by Crippen LogP contribution is -2.62. The number of hydrogen-bond acceptors (Lipinski definition) is 4. The lowest BCUT2D eigenvalue weighted by molar-refractivity contribution is -0.0503. The summed E-state index contributed by atoms with van der Waals surface area (Å²) in [6.07, 6.45) is 4.70. The fourth-order valence-corrected chi connectivity index (χ4v) is 4.84. The van der Waals surface area contributed by atoms with E-state index in [1.54, 1.807) is 0 Å². The number of nitrogens with one attached hydrogen (secondary N) is 1. The Hall–Kier alpha value is -1.62. The van der Waals surface area contributed by atoms with E-state index in [0.29, 0.717) is 17.4 Å². The smallest absolute Gasteiger partial charge is 0.127 e.